The van der Waals surface area contributed by atoms with Crippen molar-refractivity contribution in [3.05, 3.63) is 47.8 Å². The first-order chi connectivity index (χ1) is 9.41. The minimum absolute atomic E-state index is 0.0598. The van der Waals surface area contributed by atoms with Gasteiger partial charge in [-0.15, -0.1) is 0 Å². The van der Waals surface area contributed by atoms with Gasteiger partial charge in [0.2, 0.25) is 0 Å². The molecule has 1 aromatic heterocycles. The van der Waals surface area contributed by atoms with Crippen LogP contribution in [0.25, 0.3) is 0 Å². The van der Waals surface area contributed by atoms with Gasteiger partial charge in [0.1, 0.15) is 0 Å². The number of aromatic nitrogens is 2. The maximum Gasteiger partial charge on any atom is 0.175 e. The topological polar surface area (TPSA) is 64.0 Å². The Balaban J connectivity index is 2.45. The monoisotopic (exact) mass is 293 g/mol. The van der Waals surface area contributed by atoms with Gasteiger partial charge in [-0.05, 0) is 24.2 Å². The van der Waals surface area contributed by atoms with Crippen molar-refractivity contribution in [3.8, 4) is 0 Å². The van der Waals surface area contributed by atoms with Crippen LogP contribution in [0.5, 0.6) is 0 Å². The third kappa shape index (κ3) is 3.26. The number of nitrogens with zero attached hydrogens (tertiary/aromatic N) is 2. The maximum absolute atomic E-state index is 11.7. The van der Waals surface area contributed by atoms with E-state index in [1.54, 1.807) is 29.1 Å². The second kappa shape index (κ2) is 5.76. The molecule has 1 atom stereocenters. The zero-order valence-electron chi connectivity index (χ0n) is 11.9. The predicted molar refractivity (Wildman–Crippen MR) is 78.3 cm³/mol. The van der Waals surface area contributed by atoms with E-state index in [0.717, 1.165) is 17.7 Å². The second-order valence-corrected chi connectivity index (χ2v) is 6.80. The van der Waals surface area contributed by atoms with Gasteiger partial charge < -0.3 is 5.32 Å². The first kappa shape index (κ1) is 14.7. The Kier molecular flexibility index (Phi) is 4.25. The Bertz CT molecular complexity index is 692. The lowest BCUT2D eigenvalue weighted by Gasteiger charge is -2.17. The highest BCUT2D eigenvalue weighted by atomic mass is 32.2. The molecular formula is C14H19N3O2S. The molecule has 5 nitrogen and oxygen atoms in total. The fourth-order valence-corrected chi connectivity index (χ4v) is 2.82. The van der Waals surface area contributed by atoms with Crippen molar-refractivity contribution >= 4 is 9.84 Å². The molecule has 1 aromatic carbocycles. The Morgan fingerprint density at radius 3 is 2.65 bits per heavy atom. The number of rotatable bonds is 5. The van der Waals surface area contributed by atoms with Gasteiger partial charge in [0, 0.05) is 25.1 Å². The largest absolute Gasteiger partial charge is 0.306 e. The van der Waals surface area contributed by atoms with E-state index in [-0.39, 0.29) is 6.04 Å². The lowest BCUT2D eigenvalue weighted by molar-refractivity contribution is 0.600. The Morgan fingerprint density at radius 2 is 2.10 bits per heavy atom. The van der Waals surface area contributed by atoms with Gasteiger partial charge >= 0.3 is 0 Å². The fourth-order valence-electron chi connectivity index (χ4n) is 2.15. The molecule has 20 heavy (non-hydrogen) atoms. The van der Waals surface area contributed by atoms with Crippen molar-refractivity contribution in [1.82, 2.24) is 15.1 Å². The predicted octanol–water partition coefficient (Wildman–Crippen LogP) is 1.52. The first-order valence-electron chi connectivity index (χ1n) is 6.43. The number of aryl methyl sites for hydroxylation is 1. The van der Waals surface area contributed by atoms with Crippen LogP contribution < -0.4 is 5.32 Å². The highest BCUT2D eigenvalue weighted by Gasteiger charge is 2.17. The summed E-state index contributed by atoms with van der Waals surface area (Å²) < 4.78 is 25.1. The molecule has 108 valence electrons. The lowest BCUT2D eigenvalue weighted by Crippen LogP contribution is -2.21. The van der Waals surface area contributed by atoms with Gasteiger partial charge in [-0.3, -0.25) is 4.68 Å². The number of sulfone groups is 1. The van der Waals surface area contributed by atoms with Gasteiger partial charge in [0.05, 0.1) is 17.1 Å². The molecule has 6 heteroatoms. The van der Waals surface area contributed by atoms with Crippen molar-refractivity contribution in [3.63, 3.8) is 0 Å². The van der Waals surface area contributed by atoms with E-state index in [9.17, 15) is 8.42 Å². The fraction of sp³-hybridized carbons (Fsp3) is 0.357. The molecule has 0 aliphatic carbocycles. The van der Waals surface area contributed by atoms with E-state index < -0.39 is 9.84 Å². The summed E-state index contributed by atoms with van der Waals surface area (Å²) in [6.07, 6.45) is 4.94. The molecular weight excluding hydrogens is 274 g/mol. The molecule has 0 spiro atoms. The molecule has 2 rings (SSSR count). The molecule has 0 bridgehead atoms. The third-order valence-corrected chi connectivity index (χ3v) is 4.20. The molecule has 1 N–H and O–H groups in total. The highest BCUT2D eigenvalue weighted by molar-refractivity contribution is 7.90. The van der Waals surface area contributed by atoms with E-state index in [0.29, 0.717) is 4.90 Å². The minimum Gasteiger partial charge on any atom is -0.306 e. The summed E-state index contributed by atoms with van der Waals surface area (Å²) in [6.45, 7) is 2.80. The van der Waals surface area contributed by atoms with E-state index >= 15 is 0 Å². The Hall–Kier alpha value is -1.66. The summed E-state index contributed by atoms with van der Waals surface area (Å²) in [5.74, 6) is 0. The molecule has 2 aromatic rings. The Labute approximate surface area is 119 Å². The summed E-state index contributed by atoms with van der Waals surface area (Å²) in [7, 11) is -1.34. The van der Waals surface area contributed by atoms with E-state index in [1.807, 2.05) is 26.2 Å². The van der Waals surface area contributed by atoms with Gasteiger partial charge in [-0.2, -0.15) is 5.10 Å². The lowest BCUT2D eigenvalue weighted by atomic mass is 10.0. The van der Waals surface area contributed by atoms with Gasteiger partial charge in [0.25, 0.3) is 0 Å². The van der Waals surface area contributed by atoms with Crippen LogP contribution in [0.4, 0.5) is 0 Å². The second-order valence-electron chi connectivity index (χ2n) is 4.78. The summed E-state index contributed by atoms with van der Waals surface area (Å²) in [4.78, 5) is 0.335. The van der Waals surface area contributed by atoms with Crippen molar-refractivity contribution in [2.75, 3.05) is 12.8 Å². The molecule has 1 heterocycles. The average molecular weight is 293 g/mol. The van der Waals surface area contributed by atoms with E-state index in [4.69, 9.17) is 0 Å². The number of hydrogen-bond donors (Lipinski definition) is 1. The zero-order chi connectivity index (χ0) is 14.8. The molecule has 1 unspecified atom stereocenters. The SMILES string of the molecule is CCNC(c1cccc(S(C)(=O)=O)c1)c1cnn(C)c1. The maximum atomic E-state index is 11.7. The molecule has 0 amide bonds. The van der Waals surface area contributed by atoms with Crippen LogP contribution in [0.15, 0.2) is 41.6 Å². The summed E-state index contributed by atoms with van der Waals surface area (Å²) in [5, 5.41) is 7.53. The van der Waals surface area contributed by atoms with Gasteiger partial charge in [-0.25, -0.2) is 8.42 Å². The molecule has 0 aliphatic rings. The summed E-state index contributed by atoms with van der Waals surface area (Å²) in [6, 6.07) is 6.97. The molecule has 0 fully saturated rings. The molecule has 0 aliphatic heterocycles. The number of nitrogens with one attached hydrogen (secondary N) is 1. The molecule has 0 saturated carbocycles. The van der Waals surface area contributed by atoms with Crippen LogP contribution in [0.2, 0.25) is 0 Å². The van der Waals surface area contributed by atoms with Crippen molar-refractivity contribution < 1.29 is 8.42 Å². The van der Waals surface area contributed by atoms with Crippen LogP contribution >= 0.6 is 0 Å². The van der Waals surface area contributed by atoms with Crippen LogP contribution in [0.3, 0.4) is 0 Å². The van der Waals surface area contributed by atoms with E-state index in [2.05, 4.69) is 10.4 Å². The van der Waals surface area contributed by atoms with Crippen LogP contribution in [0, 0.1) is 0 Å². The standard InChI is InChI=1S/C14H19N3O2S/c1-4-15-14(12-9-16-17(2)10-12)11-6-5-7-13(8-11)20(3,18)19/h5-10,14-15H,4H2,1-3H3. The minimum atomic E-state index is -3.20. The normalized spacial score (nSPS) is 13.3. The summed E-state index contributed by atoms with van der Waals surface area (Å²) in [5.41, 5.74) is 1.93. The number of hydrogen-bond acceptors (Lipinski definition) is 4. The number of benzene rings is 1. The third-order valence-electron chi connectivity index (χ3n) is 3.09. The van der Waals surface area contributed by atoms with Gasteiger partial charge in [-0.1, -0.05) is 19.1 Å². The zero-order valence-corrected chi connectivity index (χ0v) is 12.7. The van der Waals surface area contributed by atoms with Crippen LogP contribution in [-0.4, -0.2) is 31.0 Å². The smallest absolute Gasteiger partial charge is 0.175 e. The molecule has 0 radical (unpaired) electrons. The highest BCUT2D eigenvalue weighted by Crippen LogP contribution is 2.23. The van der Waals surface area contributed by atoms with E-state index in [1.165, 1.54) is 6.26 Å². The van der Waals surface area contributed by atoms with Crippen molar-refractivity contribution in [1.29, 1.82) is 0 Å². The average Bonchev–Trinajstić information content (AvgIpc) is 2.81. The van der Waals surface area contributed by atoms with Crippen LogP contribution in [-0.2, 0) is 16.9 Å². The molecule has 0 saturated heterocycles. The van der Waals surface area contributed by atoms with Crippen molar-refractivity contribution in [2.24, 2.45) is 7.05 Å². The quantitative estimate of drug-likeness (QED) is 0.908. The first-order valence-corrected chi connectivity index (χ1v) is 8.33. The van der Waals surface area contributed by atoms with Gasteiger partial charge in [0.15, 0.2) is 9.84 Å². The Morgan fingerprint density at radius 1 is 1.35 bits per heavy atom. The van der Waals surface area contributed by atoms with Crippen LogP contribution in [0.1, 0.15) is 24.1 Å². The summed E-state index contributed by atoms with van der Waals surface area (Å²) >= 11 is 0. The van der Waals surface area contributed by atoms with Crippen molar-refractivity contribution in [2.45, 2.75) is 17.9 Å².